The van der Waals surface area contributed by atoms with Crippen molar-refractivity contribution in [3.63, 3.8) is 0 Å². The first-order valence-electron chi connectivity index (χ1n) is 6.90. The maximum atomic E-state index is 12.4. The number of rotatable bonds is 4. The summed E-state index contributed by atoms with van der Waals surface area (Å²) in [5.41, 5.74) is -0.910. The minimum atomic E-state index is -0.647. The van der Waals surface area contributed by atoms with Gasteiger partial charge in [-0.1, -0.05) is 6.92 Å². The molecule has 0 aromatic heterocycles. The van der Waals surface area contributed by atoms with Crippen molar-refractivity contribution in [3.8, 4) is 0 Å². The Labute approximate surface area is 112 Å². The van der Waals surface area contributed by atoms with Crippen LogP contribution in [0.5, 0.6) is 0 Å². The molecule has 0 radical (unpaired) electrons. The molecule has 3 heteroatoms. The molecular weight excluding hydrogens is 226 g/mol. The molecule has 0 saturated carbocycles. The van der Waals surface area contributed by atoms with E-state index in [1.54, 1.807) is 0 Å². The zero-order chi connectivity index (χ0) is 14.4. The van der Waals surface area contributed by atoms with Crippen LogP contribution in [0.1, 0.15) is 54.9 Å². The molecule has 0 bridgehead atoms. The SMILES string of the molecule is CCC(C)(C)N(C)CC1C(=O)C(C)(C)OC1(C)C. The van der Waals surface area contributed by atoms with Crippen molar-refractivity contribution in [2.45, 2.75) is 71.6 Å². The van der Waals surface area contributed by atoms with Crippen molar-refractivity contribution in [1.82, 2.24) is 4.90 Å². The van der Waals surface area contributed by atoms with Crippen LogP contribution >= 0.6 is 0 Å². The van der Waals surface area contributed by atoms with Gasteiger partial charge >= 0.3 is 0 Å². The molecule has 106 valence electrons. The van der Waals surface area contributed by atoms with Gasteiger partial charge in [0.25, 0.3) is 0 Å². The lowest BCUT2D eigenvalue weighted by Gasteiger charge is -2.38. The zero-order valence-electron chi connectivity index (χ0n) is 13.3. The summed E-state index contributed by atoms with van der Waals surface area (Å²) >= 11 is 0. The Hall–Kier alpha value is -0.410. The summed E-state index contributed by atoms with van der Waals surface area (Å²) in [6.07, 6.45) is 1.06. The fraction of sp³-hybridized carbons (Fsp3) is 0.933. The monoisotopic (exact) mass is 255 g/mol. The number of ether oxygens (including phenoxy) is 1. The van der Waals surface area contributed by atoms with Crippen LogP contribution in [0, 0.1) is 5.92 Å². The number of nitrogens with zero attached hydrogens (tertiary/aromatic N) is 1. The quantitative estimate of drug-likeness (QED) is 0.773. The second kappa shape index (κ2) is 4.61. The van der Waals surface area contributed by atoms with Crippen LogP contribution in [0.4, 0.5) is 0 Å². The van der Waals surface area contributed by atoms with Crippen molar-refractivity contribution in [3.05, 3.63) is 0 Å². The number of hydrogen-bond acceptors (Lipinski definition) is 3. The maximum Gasteiger partial charge on any atom is 0.171 e. The molecule has 1 aliphatic rings. The predicted molar refractivity (Wildman–Crippen MR) is 74.7 cm³/mol. The summed E-state index contributed by atoms with van der Waals surface area (Å²) in [6.45, 7) is 15.2. The van der Waals surface area contributed by atoms with Gasteiger partial charge in [0.1, 0.15) is 5.60 Å². The maximum absolute atomic E-state index is 12.4. The Balaban J connectivity index is 2.87. The lowest BCUT2D eigenvalue weighted by Crippen LogP contribution is -2.47. The second-order valence-electron chi connectivity index (χ2n) is 7.18. The molecular formula is C15H29NO2. The average Bonchev–Trinajstić information content (AvgIpc) is 2.36. The third kappa shape index (κ3) is 2.77. The van der Waals surface area contributed by atoms with Gasteiger partial charge < -0.3 is 9.64 Å². The van der Waals surface area contributed by atoms with Gasteiger partial charge in [0.15, 0.2) is 5.78 Å². The van der Waals surface area contributed by atoms with Gasteiger partial charge in [-0.3, -0.25) is 4.79 Å². The molecule has 1 atom stereocenters. The van der Waals surface area contributed by atoms with Gasteiger partial charge in [0.2, 0.25) is 0 Å². The normalized spacial score (nSPS) is 26.9. The van der Waals surface area contributed by atoms with Crippen LogP contribution in [0.25, 0.3) is 0 Å². The highest BCUT2D eigenvalue weighted by atomic mass is 16.5. The molecule has 0 aromatic carbocycles. The van der Waals surface area contributed by atoms with Crippen molar-refractivity contribution in [1.29, 1.82) is 0 Å². The minimum Gasteiger partial charge on any atom is -0.361 e. The van der Waals surface area contributed by atoms with Crippen LogP contribution in [-0.4, -0.2) is 41.0 Å². The molecule has 1 rings (SSSR count). The lowest BCUT2D eigenvalue weighted by molar-refractivity contribution is -0.132. The van der Waals surface area contributed by atoms with Crippen LogP contribution in [0.2, 0.25) is 0 Å². The van der Waals surface area contributed by atoms with Crippen LogP contribution in [-0.2, 0) is 9.53 Å². The van der Waals surface area contributed by atoms with Gasteiger partial charge in [-0.25, -0.2) is 0 Å². The van der Waals surface area contributed by atoms with Crippen molar-refractivity contribution in [2.75, 3.05) is 13.6 Å². The van der Waals surface area contributed by atoms with E-state index in [9.17, 15) is 4.79 Å². The lowest BCUT2D eigenvalue weighted by atomic mass is 9.84. The fourth-order valence-electron chi connectivity index (χ4n) is 2.61. The van der Waals surface area contributed by atoms with E-state index in [-0.39, 0.29) is 22.8 Å². The molecule has 1 saturated heterocycles. The fourth-order valence-corrected chi connectivity index (χ4v) is 2.61. The summed E-state index contributed by atoms with van der Waals surface area (Å²) in [7, 11) is 2.10. The predicted octanol–water partition coefficient (Wildman–Crippen LogP) is 2.88. The molecule has 1 heterocycles. The Morgan fingerprint density at radius 3 is 2.11 bits per heavy atom. The van der Waals surface area contributed by atoms with E-state index >= 15 is 0 Å². The first-order valence-corrected chi connectivity index (χ1v) is 6.90. The topological polar surface area (TPSA) is 29.5 Å². The van der Waals surface area contributed by atoms with Crippen molar-refractivity contribution in [2.24, 2.45) is 5.92 Å². The van der Waals surface area contributed by atoms with Gasteiger partial charge in [0.05, 0.1) is 11.5 Å². The highest BCUT2D eigenvalue weighted by Crippen LogP contribution is 2.40. The van der Waals surface area contributed by atoms with E-state index in [1.165, 1.54) is 0 Å². The van der Waals surface area contributed by atoms with Crippen molar-refractivity contribution >= 4 is 5.78 Å². The Morgan fingerprint density at radius 1 is 1.28 bits per heavy atom. The summed E-state index contributed by atoms with van der Waals surface area (Å²) < 4.78 is 5.93. The molecule has 1 unspecified atom stereocenters. The summed E-state index contributed by atoms with van der Waals surface area (Å²) in [6, 6.07) is 0. The number of Topliss-reactive ketones (excluding diaryl/α,β-unsaturated/α-hetero) is 1. The summed E-state index contributed by atoms with van der Waals surface area (Å²) in [5.74, 6) is 0.176. The molecule has 0 N–H and O–H groups in total. The molecule has 0 aliphatic carbocycles. The van der Waals surface area contributed by atoms with E-state index in [2.05, 4.69) is 32.7 Å². The van der Waals surface area contributed by atoms with Crippen LogP contribution in [0.3, 0.4) is 0 Å². The van der Waals surface area contributed by atoms with Crippen molar-refractivity contribution < 1.29 is 9.53 Å². The molecule has 0 spiro atoms. The van der Waals surface area contributed by atoms with Gasteiger partial charge in [-0.15, -0.1) is 0 Å². The first kappa shape index (κ1) is 15.6. The smallest absolute Gasteiger partial charge is 0.171 e. The van der Waals surface area contributed by atoms with E-state index in [4.69, 9.17) is 4.74 Å². The van der Waals surface area contributed by atoms with E-state index in [0.717, 1.165) is 13.0 Å². The molecule has 0 aromatic rings. The largest absolute Gasteiger partial charge is 0.361 e. The Kier molecular flexibility index (Phi) is 4.00. The highest BCUT2D eigenvalue weighted by Gasteiger charge is 2.53. The number of carbonyl (C=O) groups is 1. The number of carbonyl (C=O) groups excluding carboxylic acids is 1. The van der Waals surface area contributed by atoms with Crippen LogP contribution < -0.4 is 0 Å². The van der Waals surface area contributed by atoms with E-state index in [0.29, 0.717) is 0 Å². The Morgan fingerprint density at radius 2 is 1.78 bits per heavy atom. The Bertz CT molecular complexity index is 331. The minimum absolute atomic E-state index is 0.0525. The molecule has 0 amide bonds. The third-order valence-corrected chi connectivity index (χ3v) is 4.62. The first-order chi connectivity index (χ1) is 7.94. The number of hydrogen-bond donors (Lipinski definition) is 0. The third-order valence-electron chi connectivity index (χ3n) is 4.62. The van der Waals surface area contributed by atoms with Gasteiger partial charge in [-0.2, -0.15) is 0 Å². The van der Waals surface area contributed by atoms with Gasteiger partial charge in [-0.05, 0) is 55.0 Å². The molecule has 1 aliphatic heterocycles. The van der Waals surface area contributed by atoms with Gasteiger partial charge in [0, 0.05) is 12.1 Å². The summed E-state index contributed by atoms with van der Waals surface area (Å²) in [4.78, 5) is 14.7. The zero-order valence-corrected chi connectivity index (χ0v) is 13.3. The van der Waals surface area contributed by atoms with E-state index in [1.807, 2.05) is 27.7 Å². The number of ketones is 1. The highest BCUT2D eigenvalue weighted by molar-refractivity contribution is 5.91. The molecule has 18 heavy (non-hydrogen) atoms. The molecule has 1 fully saturated rings. The van der Waals surface area contributed by atoms with E-state index < -0.39 is 5.60 Å². The van der Waals surface area contributed by atoms with Crippen LogP contribution in [0.15, 0.2) is 0 Å². The summed E-state index contributed by atoms with van der Waals surface area (Å²) in [5, 5.41) is 0. The standard InChI is InChI=1S/C15H29NO2/c1-9-13(2,3)16(8)10-11-12(17)15(6,7)18-14(11,4)5/h11H,9-10H2,1-8H3. The second-order valence-corrected chi connectivity index (χ2v) is 7.18. The average molecular weight is 255 g/mol. The molecule has 3 nitrogen and oxygen atoms in total.